The average molecular weight is 411 g/mol. The van der Waals surface area contributed by atoms with Gasteiger partial charge in [0.25, 0.3) is 0 Å². The van der Waals surface area contributed by atoms with Crippen molar-refractivity contribution in [3.8, 4) is 17.2 Å². The molecule has 0 radical (unpaired) electrons. The summed E-state index contributed by atoms with van der Waals surface area (Å²) in [6.07, 6.45) is 6.53. The predicted molar refractivity (Wildman–Crippen MR) is 106 cm³/mol. The van der Waals surface area contributed by atoms with E-state index >= 15 is 0 Å². The second-order valence-electron chi connectivity index (χ2n) is 8.23. The Kier molecular flexibility index (Phi) is 5.16. The molecule has 1 saturated carbocycles. The highest BCUT2D eigenvalue weighted by Crippen LogP contribution is 2.40. The summed E-state index contributed by atoms with van der Waals surface area (Å²) >= 11 is 0. The van der Waals surface area contributed by atoms with Crippen LogP contribution in [0.5, 0.6) is 17.2 Å². The third kappa shape index (κ3) is 3.92. The number of benzene rings is 1. The van der Waals surface area contributed by atoms with Crippen LogP contribution in [-0.4, -0.2) is 58.0 Å². The minimum absolute atomic E-state index is 0.137. The van der Waals surface area contributed by atoms with Crippen LogP contribution in [0.15, 0.2) is 36.8 Å². The summed E-state index contributed by atoms with van der Waals surface area (Å²) in [7, 11) is 0. The second-order valence-corrected chi connectivity index (χ2v) is 8.23. The van der Waals surface area contributed by atoms with Crippen molar-refractivity contribution in [1.82, 2.24) is 14.9 Å². The van der Waals surface area contributed by atoms with Gasteiger partial charge in [0.2, 0.25) is 12.7 Å². The number of carbonyl (C=O) groups is 1. The van der Waals surface area contributed by atoms with Crippen LogP contribution >= 0.6 is 0 Å². The molecule has 1 aromatic heterocycles. The summed E-state index contributed by atoms with van der Waals surface area (Å²) in [5, 5.41) is 10.6. The van der Waals surface area contributed by atoms with Crippen LogP contribution in [0, 0.1) is 11.8 Å². The van der Waals surface area contributed by atoms with E-state index in [9.17, 15) is 9.90 Å². The molecule has 158 valence electrons. The van der Waals surface area contributed by atoms with Gasteiger partial charge in [-0.05, 0) is 43.2 Å². The molecule has 3 aliphatic rings. The average Bonchev–Trinajstić information content (AvgIpc) is 3.39. The fraction of sp³-hybridized carbons (Fsp3) is 0.500. The lowest BCUT2D eigenvalue weighted by atomic mass is 9.78. The molecule has 5 rings (SSSR count). The van der Waals surface area contributed by atoms with Gasteiger partial charge >= 0.3 is 0 Å². The number of hydrogen-bond donors (Lipinski definition) is 1. The zero-order chi connectivity index (χ0) is 20.5. The van der Waals surface area contributed by atoms with Crippen LogP contribution in [0.25, 0.3) is 0 Å². The first-order valence-electron chi connectivity index (χ1n) is 10.4. The van der Waals surface area contributed by atoms with Gasteiger partial charge in [0.05, 0.1) is 11.8 Å². The predicted octanol–water partition coefficient (Wildman–Crippen LogP) is 1.81. The molecule has 0 spiro atoms. The van der Waals surface area contributed by atoms with Crippen molar-refractivity contribution in [1.29, 1.82) is 0 Å². The van der Waals surface area contributed by atoms with E-state index in [-0.39, 0.29) is 18.8 Å². The van der Waals surface area contributed by atoms with E-state index in [1.54, 1.807) is 24.7 Å². The number of carbonyl (C=O) groups excluding carboxylic acids is 1. The number of aromatic nitrogens is 2. The van der Waals surface area contributed by atoms with Gasteiger partial charge in [0.15, 0.2) is 11.5 Å². The summed E-state index contributed by atoms with van der Waals surface area (Å²) < 4.78 is 16.8. The number of ether oxygens (including phenoxy) is 3. The Balaban J connectivity index is 1.17. The van der Waals surface area contributed by atoms with Crippen LogP contribution in [0.4, 0.5) is 0 Å². The monoisotopic (exact) mass is 411 g/mol. The second kappa shape index (κ2) is 8.10. The van der Waals surface area contributed by atoms with E-state index in [2.05, 4.69) is 9.97 Å². The molecule has 30 heavy (non-hydrogen) atoms. The third-order valence-electron chi connectivity index (χ3n) is 6.28. The van der Waals surface area contributed by atoms with Crippen LogP contribution in [0.3, 0.4) is 0 Å². The Morgan fingerprint density at radius 3 is 2.83 bits per heavy atom. The topological polar surface area (TPSA) is 94.0 Å². The van der Waals surface area contributed by atoms with Gasteiger partial charge in [-0.1, -0.05) is 0 Å². The van der Waals surface area contributed by atoms with Crippen molar-refractivity contribution in [2.24, 2.45) is 11.8 Å². The first-order valence-corrected chi connectivity index (χ1v) is 10.4. The summed E-state index contributed by atoms with van der Waals surface area (Å²) in [4.78, 5) is 22.9. The summed E-state index contributed by atoms with van der Waals surface area (Å²) in [6, 6.07) is 5.46. The van der Waals surface area contributed by atoms with E-state index in [1.807, 2.05) is 17.0 Å². The quantitative estimate of drug-likeness (QED) is 0.802. The number of hydrogen-bond acceptors (Lipinski definition) is 7. The molecule has 3 heterocycles. The van der Waals surface area contributed by atoms with E-state index < -0.39 is 6.10 Å². The van der Waals surface area contributed by atoms with Crippen molar-refractivity contribution in [2.75, 3.05) is 19.9 Å². The lowest BCUT2D eigenvalue weighted by Gasteiger charge is -2.35. The number of aryl methyl sites for hydroxylation is 1. The van der Waals surface area contributed by atoms with E-state index in [0.29, 0.717) is 54.9 Å². The SMILES string of the molecule is O=C(CCc1cnccn1)N1C[C@H]2C[C@@H](Oc3ccc4c(c3)OCO4)[C@H](O)C[C@H]2C1. The fourth-order valence-corrected chi connectivity index (χ4v) is 4.70. The van der Waals surface area contributed by atoms with E-state index in [0.717, 1.165) is 18.7 Å². The van der Waals surface area contributed by atoms with Gasteiger partial charge in [0, 0.05) is 44.2 Å². The molecule has 1 aliphatic carbocycles. The van der Waals surface area contributed by atoms with Crippen molar-refractivity contribution >= 4 is 5.91 Å². The Bertz CT molecular complexity index is 909. The largest absolute Gasteiger partial charge is 0.488 e. The standard InChI is InChI=1S/C22H25N3O5/c26-18-7-14-11-25(22(27)4-1-16-10-23-5-6-24-16)12-15(14)8-20(18)30-17-2-3-19-21(9-17)29-13-28-19/h2-3,5-6,9-10,14-15,18,20,26H,1,4,7-8,11-13H2/t14-,15+,18+,20+/m0/s1. The zero-order valence-corrected chi connectivity index (χ0v) is 16.6. The minimum Gasteiger partial charge on any atom is -0.488 e. The summed E-state index contributed by atoms with van der Waals surface area (Å²) in [5.41, 5.74) is 0.829. The zero-order valence-electron chi connectivity index (χ0n) is 16.6. The van der Waals surface area contributed by atoms with Gasteiger partial charge in [-0.2, -0.15) is 0 Å². The molecular formula is C22H25N3O5. The fourth-order valence-electron chi connectivity index (χ4n) is 4.70. The summed E-state index contributed by atoms with van der Waals surface area (Å²) in [5.74, 6) is 2.83. The van der Waals surface area contributed by atoms with Gasteiger partial charge in [0.1, 0.15) is 11.9 Å². The van der Waals surface area contributed by atoms with E-state index in [4.69, 9.17) is 14.2 Å². The van der Waals surface area contributed by atoms with Gasteiger partial charge in [-0.3, -0.25) is 14.8 Å². The highest BCUT2D eigenvalue weighted by molar-refractivity contribution is 5.76. The molecular weight excluding hydrogens is 386 g/mol. The highest BCUT2D eigenvalue weighted by Gasteiger charge is 2.43. The Labute approximate surface area is 174 Å². The number of aliphatic hydroxyl groups is 1. The Hall–Kier alpha value is -2.87. The third-order valence-corrected chi connectivity index (χ3v) is 6.28. The molecule has 0 bridgehead atoms. The number of rotatable bonds is 5. The first kappa shape index (κ1) is 19.1. The molecule has 2 aliphatic heterocycles. The maximum absolute atomic E-state index is 12.7. The normalized spacial score (nSPS) is 27.0. The molecule has 1 N–H and O–H groups in total. The van der Waals surface area contributed by atoms with Crippen molar-refractivity contribution < 1.29 is 24.1 Å². The van der Waals surface area contributed by atoms with Crippen molar-refractivity contribution in [3.05, 3.63) is 42.5 Å². The minimum atomic E-state index is -0.550. The highest BCUT2D eigenvalue weighted by atomic mass is 16.7. The Morgan fingerprint density at radius 1 is 1.17 bits per heavy atom. The molecule has 4 atom stereocenters. The number of fused-ring (bicyclic) bond motifs is 2. The van der Waals surface area contributed by atoms with Crippen LogP contribution < -0.4 is 14.2 Å². The Morgan fingerprint density at radius 2 is 2.00 bits per heavy atom. The first-order chi connectivity index (χ1) is 14.7. The number of amides is 1. The molecule has 1 amide bonds. The van der Waals surface area contributed by atoms with E-state index in [1.165, 1.54) is 0 Å². The van der Waals surface area contributed by atoms with Gasteiger partial charge < -0.3 is 24.2 Å². The summed E-state index contributed by atoms with van der Waals surface area (Å²) in [6.45, 7) is 1.64. The van der Waals surface area contributed by atoms with Gasteiger partial charge in [-0.15, -0.1) is 0 Å². The smallest absolute Gasteiger partial charge is 0.231 e. The molecule has 1 saturated heterocycles. The lowest BCUT2D eigenvalue weighted by Crippen LogP contribution is -2.42. The molecule has 8 heteroatoms. The molecule has 1 aromatic carbocycles. The van der Waals surface area contributed by atoms with Crippen molar-refractivity contribution in [3.63, 3.8) is 0 Å². The molecule has 8 nitrogen and oxygen atoms in total. The molecule has 2 fully saturated rings. The van der Waals surface area contributed by atoms with Gasteiger partial charge in [-0.25, -0.2) is 0 Å². The lowest BCUT2D eigenvalue weighted by molar-refractivity contribution is -0.130. The van der Waals surface area contributed by atoms with Crippen LogP contribution in [-0.2, 0) is 11.2 Å². The maximum Gasteiger partial charge on any atom is 0.231 e. The van der Waals surface area contributed by atoms with Crippen molar-refractivity contribution in [2.45, 2.75) is 37.9 Å². The number of likely N-dealkylation sites (tertiary alicyclic amines) is 1. The van der Waals surface area contributed by atoms with Crippen LogP contribution in [0.2, 0.25) is 0 Å². The molecule has 2 aromatic rings. The van der Waals surface area contributed by atoms with Crippen LogP contribution in [0.1, 0.15) is 25.0 Å². The number of aliphatic hydroxyl groups excluding tert-OH is 1. The number of nitrogens with zero attached hydrogens (tertiary/aromatic N) is 3. The molecule has 0 unspecified atom stereocenters. The maximum atomic E-state index is 12.7.